The summed E-state index contributed by atoms with van der Waals surface area (Å²) >= 11 is 1.66. The zero-order chi connectivity index (χ0) is 27.2. The van der Waals surface area contributed by atoms with E-state index in [-0.39, 0.29) is 22.0 Å². The maximum atomic E-state index is 11.9. The van der Waals surface area contributed by atoms with E-state index in [1.807, 2.05) is 44.6 Å². The number of carbonyl (C=O) groups is 1. The second-order valence-electron chi connectivity index (χ2n) is 9.00. The number of aromatic nitrogens is 1. The van der Waals surface area contributed by atoms with Crippen LogP contribution < -0.4 is 5.32 Å². The molecule has 7 heteroatoms. The minimum Gasteiger partial charge on any atom is -0.381 e. The highest BCUT2D eigenvalue weighted by Crippen LogP contribution is 2.54. The third-order valence-corrected chi connectivity index (χ3v) is 9.80. The number of carbonyl (C=O) groups excluding carboxylic acids is 1. The summed E-state index contributed by atoms with van der Waals surface area (Å²) in [5, 5.41) is 16.9. The van der Waals surface area contributed by atoms with E-state index < -0.39 is 6.10 Å². The van der Waals surface area contributed by atoms with Gasteiger partial charge in [0.2, 0.25) is 0 Å². The van der Waals surface area contributed by atoms with Crippen molar-refractivity contribution in [3.05, 3.63) is 64.8 Å². The molecule has 0 aliphatic rings. The summed E-state index contributed by atoms with van der Waals surface area (Å²) < 4.78 is -0.176. The number of hydrogen-bond acceptors (Lipinski definition) is 7. The summed E-state index contributed by atoms with van der Waals surface area (Å²) in [5.74, 6) is -0.294. The molecule has 0 saturated carbocycles. The fourth-order valence-electron chi connectivity index (χ4n) is 3.59. The van der Waals surface area contributed by atoms with Crippen molar-refractivity contribution in [3.63, 3.8) is 0 Å². The summed E-state index contributed by atoms with van der Waals surface area (Å²) in [7, 11) is 3.60. The van der Waals surface area contributed by atoms with Gasteiger partial charge in [-0.3, -0.25) is 4.79 Å². The predicted molar refractivity (Wildman–Crippen MR) is 160 cm³/mol. The molecule has 1 aromatic heterocycles. The van der Waals surface area contributed by atoms with Crippen LogP contribution in [0.4, 0.5) is 0 Å². The Kier molecular flexibility index (Phi) is 15.9. The Morgan fingerprint density at radius 3 is 2.49 bits per heavy atom. The summed E-state index contributed by atoms with van der Waals surface area (Å²) in [5.41, 5.74) is 2.83. The highest BCUT2D eigenvalue weighted by molar-refractivity contribution is 8.77. The van der Waals surface area contributed by atoms with Gasteiger partial charge in [-0.25, -0.2) is 4.98 Å². The first-order valence-corrected chi connectivity index (χ1v) is 15.6. The number of ketones is 1. The number of nitrogens with zero attached hydrogens (tertiary/aromatic N) is 1. The summed E-state index contributed by atoms with van der Waals surface area (Å²) in [6.07, 6.45) is 10.1. The highest BCUT2D eigenvalue weighted by atomic mass is 33.1. The minimum absolute atomic E-state index is 0.0921. The Bertz CT molecular complexity index is 873. The number of allylic oxidation sites excluding steroid dienone is 4. The van der Waals surface area contributed by atoms with E-state index in [2.05, 4.69) is 55.9 Å². The molecule has 0 radical (unpaired) electrons. The Morgan fingerprint density at radius 1 is 1.37 bits per heavy atom. The summed E-state index contributed by atoms with van der Waals surface area (Å²) in [4.78, 5) is 16.5. The number of nitrogens with one attached hydrogen (secondary N) is 1. The lowest BCUT2D eigenvalue weighted by Gasteiger charge is -2.45. The van der Waals surface area contributed by atoms with Gasteiger partial charge < -0.3 is 10.4 Å². The molecule has 4 nitrogen and oxygen atoms in total. The second kappa shape index (κ2) is 16.5. The molecule has 0 saturated heterocycles. The maximum Gasteiger partial charge on any atom is 0.187 e. The Morgan fingerprint density at radius 2 is 2.00 bits per heavy atom. The number of aryl methyl sites for hydroxylation is 1. The molecule has 0 bridgehead atoms. The van der Waals surface area contributed by atoms with Crippen molar-refractivity contribution in [1.82, 2.24) is 10.3 Å². The fourth-order valence-corrected chi connectivity index (χ4v) is 7.46. The van der Waals surface area contributed by atoms with Crippen LogP contribution in [-0.4, -0.2) is 33.0 Å². The summed E-state index contributed by atoms with van der Waals surface area (Å²) in [6.45, 7) is 24.8. The largest absolute Gasteiger partial charge is 0.381 e. The third-order valence-electron chi connectivity index (χ3n) is 5.84. The first-order chi connectivity index (χ1) is 16.4. The number of hydrogen-bond donors (Lipinski definition) is 2. The molecule has 0 fully saturated rings. The molecule has 3 unspecified atom stereocenters. The van der Waals surface area contributed by atoms with E-state index in [4.69, 9.17) is 0 Å². The van der Waals surface area contributed by atoms with Crippen LogP contribution in [0.5, 0.6) is 0 Å². The van der Waals surface area contributed by atoms with Crippen molar-refractivity contribution in [2.45, 2.75) is 91.5 Å². The molecule has 1 aromatic rings. The van der Waals surface area contributed by atoms with Crippen molar-refractivity contribution in [2.75, 3.05) is 6.26 Å². The minimum atomic E-state index is -1.10. The van der Waals surface area contributed by atoms with Crippen molar-refractivity contribution >= 4 is 38.7 Å². The molecule has 0 amide bonds. The number of rotatable bonds is 15. The smallest absolute Gasteiger partial charge is 0.187 e. The molecular weight excluding hydrogens is 493 g/mol. The van der Waals surface area contributed by atoms with Crippen LogP contribution in [0.2, 0.25) is 0 Å². The van der Waals surface area contributed by atoms with E-state index in [1.165, 1.54) is 6.08 Å². The standard InChI is InChI=1S/C26H40N2O2S3.C2H6/c1-10-12-22(29)23(30)15-18(3)13-14-26(33-31-9,25(7,8)11-2)16-19(4)27-21(6)24-28-20(5)17-32-24;1-2/h10-12,15,17,21,23,27,30H,2,4,13-14,16H2,1,3,5-9H3;1-2H3/b12-10+,18-15+;. The molecule has 198 valence electrons. The van der Waals surface area contributed by atoms with Gasteiger partial charge in [-0.05, 0) is 64.4 Å². The summed E-state index contributed by atoms with van der Waals surface area (Å²) in [6, 6.07) is 0.0921. The molecule has 0 aromatic carbocycles. The van der Waals surface area contributed by atoms with Gasteiger partial charge in [-0.1, -0.05) is 73.6 Å². The van der Waals surface area contributed by atoms with Crippen LogP contribution >= 0.6 is 32.9 Å². The average molecular weight is 539 g/mol. The van der Waals surface area contributed by atoms with Crippen LogP contribution in [0, 0.1) is 12.3 Å². The van der Waals surface area contributed by atoms with Gasteiger partial charge in [-0.2, -0.15) is 0 Å². The van der Waals surface area contributed by atoms with Crippen LogP contribution in [-0.2, 0) is 4.79 Å². The zero-order valence-corrected chi connectivity index (χ0v) is 25.6. The van der Waals surface area contributed by atoms with Gasteiger partial charge in [0.15, 0.2) is 5.78 Å². The lowest BCUT2D eigenvalue weighted by Crippen LogP contribution is -2.42. The first-order valence-electron chi connectivity index (χ1n) is 12.1. The molecule has 0 aliphatic carbocycles. The second-order valence-corrected chi connectivity index (χ2v) is 12.7. The van der Waals surface area contributed by atoms with Crippen LogP contribution in [0.25, 0.3) is 0 Å². The molecule has 0 spiro atoms. The number of aliphatic hydroxyl groups is 1. The normalized spacial score (nSPS) is 15.5. The Labute approximate surface area is 226 Å². The SMILES string of the molecule is C=CC(C)(C)C(CC/C(C)=C/C(O)C(=O)/C=C/C)(CC(=C)NC(C)c1nc(C)cs1)SSC.CC. The van der Waals surface area contributed by atoms with E-state index in [0.29, 0.717) is 0 Å². The molecule has 0 aliphatic heterocycles. The molecular formula is C28H46N2O2S3. The average Bonchev–Trinajstić information content (AvgIpc) is 3.25. The monoisotopic (exact) mass is 538 g/mol. The van der Waals surface area contributed by atoms with Gasteiger partial charge in [-0.15, -0.1) is 17.9 Å². The lowest BCUT2D eigenvalue weighted by molar-refractivity contribution is -0.120. The van der Waals surface area contributed by atoms with Crippen molar-refractivity contribution in [2.24, 2.45) is 5.41 Å². The molecule has 3 atom stereocenters. The number of thiazole rings is 1. The van der Waals surface area contributed by atoms with E-state index >= 15 is 0 Å². The third kappa shape index (κ3) is 10.7. The molecule has 1 rings (SSSR count). The van der Waals surface area contributed by atoms with Crippen LogP contribution in [0.1, 0.15) is 84.5 Å². The van der Waals surface area contributed by atoms with Gasteiger partial charge in [0.1, 0.15) is 11.1 Å². The van der Waals surface area contributed by atoms with Gasteiger partial charge in [0.05, 0.1) is 6.04 Å². The number of aliphatic hydroxyl groups excluding tert-OH is 1. The topological polar surface area (TPSA) is 62.2 Å². The predicted octanol–water partition coefficient (Wildman–Crippen LogP) is 8.23. The molecule has 2 N–H and O–H groups in total. The van der Waals surface area contributed by atoms with Crippen molar-refractivity contribution in [1.29, 1.82) is 0 Å². The fraction of sp³-hybridized carbons (Fsp3) is 0.571. The molecule has 1 heterocycles. The van der Waals surface area contributed by atoms with E-state index in [9.17, 15) is 9.90 Å². The van der Waals surface area contributed by atoms with Crippen LogP contribution in [0.3, 0.4) is 0 Å². The van der Waals surface area contributed by atoms with Gasteiger partial charge in [0, 0.05) is 27.9 Å². The van der Waals surface area contributed by atoms with E-state index in [1.54, 1.807) is 41.2 Å². The first kappa shape index (κ1) is 33.7. The highest BCUT2D eigenvalue weighted by Gasteiger charge is 2.44. The Balaban J connectivity index is 0.00000562. The van der Waals surface area contributed by atoms with Crippen molar-refractivity contribution in [3.8, 4) is 0 Å². The van der Waals surface area contributed by atoms with Crippen molar-refractivity contribution < 1.29 is 9.90 Å². The van der Waals surface area contributed by atoms with E-state index in [0.717, 1.165) is 41.2 Å². The molecule has 35 heavy (non-hydrogen) atoms. The Hall–Kier alpha value is -1.28. The van der Waals surface area contributed by atoms with Crippen LogP contribution in [0.15, 0.2) is 54.1 Å². The maximum absolute atomic E-state index is 11.9. The zero-order valence-electron chi connectivity index (χ0n) is 23.1. The lowest BCUT2D eigenvalue weighted by atomic mass is 9.72. The van der Waals surface area contributed by atoms with Gasteiger partial charge in [0.25, 0.3) is 0 Å². The quantitative estimate of drug-likeness (QED) is 0.133. The van der Waals surface area contributed by atoms with Gasteiger partial charge >= 0.3 is 0 Å².